The van der Waals surface area contributed by atoms with E-state index in [0.29, 0.717) is 13.1 Å². The van der Waals surface area contributed by atoms with Crippen molar-refractivity contribution < 1.29 is 5.11 Å². The third-order valence-corrected chi connectivity index (χ3v) is 3.99. The average Bonchev–Trinajstić information content (AvgIpc) is 2.91. The number of hydrogen-bond acceptors (Lipinski definition) is 6. The van der Waals surface area contributed by atoms with Gasteiger partial charge in [-0.1, -0.05) is 5.21 Å². The monoisotopic (exact) mass is 338 g/mol. The molecule has 3 heterocycles. The SMILES string of the molecule is OC1(Cn2ccnn2)CCCN(c2ncncc2Br)C1. The van der Waals surface area contributed by atoms with Crippen molar-refractivity contribution in [3.05, 3.63) is 29.4 Å². The highest BCUT2D eigenvalue weighted by Crippen LogP contribution is 2.29. The van der Waals surface area contributed by atoms with E-state index in [4.69, 9.17) is 0 Å². The maximum Gasteiger partial charge on any atom is 0.146 e. The Labute approximate surface area is 124 Å². The number of β-amino-alcohol motifs (C(OH)–C–C–N with tert-alkyl or cyclic N) is 1. The molecule has 0 saturated carbocycles. The van der Waals surface area contributed by atoms with E-state index in [1.54, 1.807) is 23.3 Å². The van der Waals surface area contributed by atoms with E-state index in [1.165, 1.54) is 6.33 Å². The van der Waals surface area contributed by atoms with Gasteiger partial charge in [0.25, 0.3) is 0 Å². The largest absolute Gasteiger partial charge is 0.386 e. The smallest absolute Gasteiger partial charge is 0.146 e. The van der Waals surface area contributed by atoms with Crippen LogP contribution < -0.4 is 4.90 Å². The maximum atomic E-state index is 10.8. The van der Waals surface area contributed by atoms with Crippen molar-refractivity contribution in [1.82, 2.24) is 25.0 Å². The number of aliphatic hydroxyl groups is 1. The molecule has 0 aliphatic carbocycles. The van der Waals surface area contributed by atoms with Crippen molar-refractivity contribution >= 4 is 21.7 Å². The Morgan fingerprint density at radius 1 is 1.45 bits per heavy atom. The van der Waals surface area contributed by atoms with Crippen LogP contribution in [-0.4, -0.2) is 48.8 Å². The molecule has 0 aromatic carbocycles. The van der Waals surface area contributed by atoms with Gasteiger partial charge in [-0.05, 0) is 28.8 Å². The molecule has 8 heteroatoms. The van der Waals surface area contributed by atoms with Gasteiger partial charge in [-0.3, -0.25) is 0 Å². The van der Waals surface area contributed by atoms with Crippen LogP contribution >= 0.6 is 15.9 Å². The van der Waals surface area contributed by atoms with Crippen molar-refractivity contribution in [2.24, 2.45) is 0 Å². The van der Waals surface area contributed by atoms with Gasteiger partial charge in [0.05, 0.1) is 17.2 Å². The summed E-state index contributed by atoms with van der Waals surface area (Å²) in [6, 6.07) is 0. The van der Waals surface area contributed by atoms with Crippen molar-refractivity contribution in [2.75, 3.05) is 18.0 Å². The molecule has 106 valence electrons. The highest BCUT2D eigenvalue weighted by Gasteiger charge is 2.35. The lowest BCUT2D eigenvalue weighted by molar-refractivity contribution is 0.00581. The summed E-state index contributed by atoms with van der Waals surface area (Å²) in [7, 11) is 0. The number of nitrogens with zero attached hydrogens (tertiary/aromatic N) is 6. The van der Waals surface area contributed by atoms with E-state index in [2.05, 4.69) is 41.1 Å². The summed E-state index contributed by atoms with van der Waals surface area (Å²) in [6.45, 7) is 1.82. The molecule has 1 fully saturated rings. The Bertz CT molecular complexity index is 577. The second kappa shape index (κ2) is 5.45. The van der Waals surface area contributed by atoms with Gasteiger partial charge in [-0.25, -0.2) is 14.6 Å². The number of rotatable bonds is 3. The molecule has 3 rings (SSSR count). The Balaban J connectivity index is 1.78. The molecule has 1 unspecified atom stereocenters. The van der Waals surface area contributed by atoms with Crippen LogP contribution in [0.5, 0.6) is 0 Å². The molecule has 2 aromatic heterocycles. The normalized spacial score (nSPS) is 23.0. The van der Waals surface area contributed by atoms with Gasteiger partial charge in [0, 0.05) is 25.5 Å². The number of hydrogen-bond donors (Lipinski definition) is 1. The fourth-order valence-electron chi connectivity index (χ4n) is 2.58. The molecule has 0 radical (unpaired) electrons. The fourth-order valence-corrected chi connectivity index (χ4v) is 3.05. The standard InChI is InChI=1S/C12H15BrN6O/c13-10-6-14-9-15-11(10)18-4-1-2-12(20,7-18)8-19-5-3-16-17-19/h3,5-6,9,20H,1-2,4,7-8H2. The number of aromatic nitrogens is 5. The van der Waals surface area contributed by atoms with Gasteiger partial charge >= 0.3 is 0 Å². The first-order valence-corrected chi connectivity index (χ1v) is 7.23. The van der Waals surface area contributed by atoms with E-state index in [0.717, 1.165) is 29.7 Å². The lowest BCUT2D eigenvalue weighted by Crippen LogP contribution is -2.51. The predicted octanol–water partition coefficient (Wildman–Crippen LogP) is 0.862. The molecule has 1 atom stereocenters. The molecular formula is C12H15BrN6O. The first-order valence-electron chi connectivity index (χ1n) is 6.43. The minimum Gasteiger partial charge on any atom is -0.386 e. The average molecular weight is 339 g/mol. The minimum atomic E-state index is -0.823. The van der Waals surface area contributed by atoms with Crippen LogP contribution in [0.3, 0.4) is 0 Å². The molecule has 1 aliphatic rings. The summed E-state index contributed by atoms with van der Waals surface area (Å²) in [5.41, 5.74) is -0.823. The number of anilines is 1. The molecule has 1 N–H and O–H groups in total. The first kappa shape index (κ1) is 13.4. The topological polar surface area (TPSA) is 80.0 Å². The lowest BCUT2D eigenvalue weighted by Gasteiger charge is -2.39. The van der Waals surface area contributed by atoms with Crippen molar-refractivity contribution in [3.63, 3.8) is 0 Å². The second-order valence-corrected chi connectivity index (χ2v) is 5.90. The second-order valence-electron chi connectivity index (χ2n) is 5.04. The zero-order valence-corrected chi connectivity index (χ0v) is 12.4. The van der Waals surface area contributed by atoms with Crippen LogP contribution in [0, 0.1) is 0 Å². The molecule has 1 saturated heterocycles. The molecule has 7 nitrogen and oxygen atoms in total. The first-order chi connectivity index (χ1) is 9.66. The van der Waals surface area contributed by atoms with Crippen molar-refractivity contribution in [2.45, 2.75) is 25.0 Å². The van der Waals surface area contributed by atoms with E-state index in [9.17, 15) is 5.11 Å². The van der Waals surface area contributed by atoms with E-state index < -0.39 is 5.60 Å². The number of piperidine rings is 1. The van der Waals surface area contributed by atoms with Crippen molar-refractivity contribution in [3.8, 4) is 0 Å². The van der Waals surface area contributed by atoms with Gasteiger partial charge in [-0.2, -0.15) is 0 Å². The van der Waals surface area contributed by atoms with Crippen LogP contribution in [0.15, 0.2) is 29.4 Å². The highest BCUT2D eigenvalue weighted by molar-refractivity contribution is 9.10. The molecule has 2 aromatic rings. The van der Waals surface area contributed by atoms with E-state index in [1.807, 2.05) is 0 Å². The predicted molar refractivity (Wildman–Crippen MR) is 76.2 cm³/mol. The molecule has 1 aliphatic heterocycles. The van der Waals surface area contributed by atoms with E-state index in [-0.39, 0.29) is 0 Å². The van der Waals surface area contributed by atoms with Gasteiger partial charge in [0.1, 0.15) is 17.7 Å². The molecule has 0 amide bonds. The summed E-state index contributed by atoms with van der Waals surface area (Å²) < 4.78 is 2.50. The maximum absolute atomic E-state index is 10.8. The highest BCUT2D eigenvalue weighted by atomic mass is 79.9. The van der Waals surface area contributed by atoms with Crippen LogP contribution in [-0.2, 0) is 6.54 Å². The Kier molecular flexibility index (Phi) is 3.66. The van der Waals surface area contributed by atoms with Crippen LogP contribution in [0.1, 0.15) is 12.8 Å². The zero-order chi connectivity index (χ0) is 14.0. The summed E-state index contributed by atoms with van der Waals surface area (Å²) in [5, 5.41) is 18.5. The summed E-state index contributed by atoms with van der Waals surface area (Å²) in [5.74, 6) is 0.816. The van der Waals surface area contributed by atoms with Crippen LogP contribution in [0.4, 0.5) is 5.82 Å². The Morgan fingerprint density at radius 2 is 2.35 bits per heavy atom. The molecule has 20 heavy (non-hydrogen) atoms. The summed E-state index contributed by atoms with van der Waals surface area (Å²) >= 11 is 3.45. The third-order valence-electron chi connectivity index (χ3n) is 3.43. The third kappa shape index (κ3) is 2.80. The minimum absolute atomic E-state index is 0.437. The zero-order valence-electron chi connectivity index (χ0n) is 10.9. The van der Waals surface area contributed by atoms with Crippen LogP contribution in [0.2, 0.25) is 0 Å². The van der Waals surface area contributed by atoms with Gasteiger partial charge in [0.15, 0.2) is 0 Å². The van der Waals surface area contributed by atoms with Crippen LogP contribution in [0.25, 0.3) is 0 Å². The Hall–Kier alpha value is -1.54. The van der Waals surface area contributed by atoms with Crippen molar-refractivity contribution in [1.29, 1.82) is 0 Å². The van der Waals surface area contributed by atoms with Gasteiger partial charge in [0.2, 0.25) is 0 Å². The van der Waals surface area contributed by atoms with Gasteiger partial charge < -0.3 is 10.0 Å². The van der Waals surface area contributed by atoms with Gasteiger partial charge in [-0.15, -0.1) is 5.10 Å². The molecule has 0 bridgehead atoms. The summed E-state index contributed by atoms with van der Waals surface area (Å²) in [6.07, 6.45) is 8.26. The number of halogens is 1. The molecular weight excluding hydrogens is 324 g/mol. The van der Waals surface area contributed by atoms with E-state index >= 15 is 0 Å². The summed E-state index contributed by atoms with van der Waals surface area (Å²) in [4.78, 5) is 10.3. The molecule has 0 spiro atoms. The lowest BCUT2D eigenvalue weighted by atomic mass is 9.93. The fraction of sp³-hybridized carbons (Fsp3) is 0.500. The Morgan fingerprint density at radius 3 is 3.10 bits per heavy atom. The quantitative estimate of drug-likeness (QED) is 0.894.